The van der Waals surface area contributed by atoms with Crippen molar-refractivity contribution in [2.24, 2.45) is 0 Å². The molecule has 1 fully saturated rings. The zero-order valence-electron chi connectivity index (χ0n) is 11.8. The Labute approximate surface area is 119 Å². The second-order valence-electron chi connectivity index (χ2n) is 5.36. The van der Waals surface area contributed by atoms with E-state index in [1.165, 1.54) is 12.8 Å². The average molecular weight is 272 g/mol. The van der Waals surface area contributed by atoms with Gasteiger partial charge in [-0.2, -0.15) is 0 Å². The fourth-order valence-corrected chi connectivity index (χ4v) is 2.94. The van der Waals surface area contributed by atoms with Crippen LogP contribution in [0.2, 0.25) is 0 Å². The molecule has 0 saturated carbocycles. The molecule has 0 unspecified atom stereocenters. The van der Waals surface area contributed by atoms with E-state index < -0.39 is 0 Å². The summed E-state index contributed by atoms with van der Waals surface area (Å²) in [6.07, 6.45) is 4.22. The first-order valence-corrected chi connectivity index (χ1v) is 7.09. The Morgan fingerprint density at radius 1 is 1.30 bits per heavy atom. The van der Waals surface area contributed by atoms with Crippen molar-refractivity contribution < 1.29 is 9.84 Å². The van der Waals surface area contributed by atoms with Gasteiger partial charge in [0.05, 0.1) is 6.61 Å². The maximum absolute atomic E-state index is 10.5. The van der Waals surface area contributed by atoms with Gasteiger partial charge >= 0.3 is 0 Å². The first kappa shape index (κ1) is 13.3. The quantitative estimate of drug-likeness (QED) is 0.929. The summed E-state index contributed by atoms with van der Waals surface area (Å²) < 4.78 is 5.28. The van der Waals surface area contributed by atoms with Crippen molar-refractivity contribution >= 4 is 10.9 Å². The molecular formula is C16H20N2O2. The Kier molecular flexibility index (Phi) is 3.85. The highest BCUT2D eigenvalue weighted by Gasteiger charge is 2.17. The molecule has 0 bridgehead atoms. The lowest BCUT2D eigenvalue weighted by Crippen LogP contribution is -2.18. The van der Waals surface area contributed by atoms with E-state index in [1.807, 2.05) is 12.1 Å². The number of nitrogens with zero attached hydrogens (tertiary/aromatic N) is 2. The number of aromatic hydroxyl groups is 1. The number of hydrogen-bond donors (Lipinski definition) is 1. The third-order valence-electron chi connectivity index (χ3n) is 3.92. The zero-order valence-corrected chi connectivity index (χ0v) is 11.8. The molecule has 4 nitrogen and oxygen atoms in total. The minimum atomic E-state index is 0.312. The molecule has 1 saturated heterocycles. The molecule has 1 aliphatic rings. The smallest absolute Gasteiger partial charge is 0.146 e. The van der Waals surface area contributed by atoms with Gasteiger partial charge in [0.15, 0.2) is 0 Å². The van der Waals surface area contributed by atoms with Gasteiger partial charge in [0, 0.05) is 30.8 Å². The number of pyridine rings is 1. The largest absolute Gasteiger partial charge is 0.505 e. The highest BCUT2D eigenvalue weighted by molar-refractivity contribution is 5.88. The predicted octanol–water partition coefficient (Wildman–Crippen LogP) is 2.68. The number of methoxy groups -OCH3 is 1. The Bertz CT molecular complexity index is 607. The topological polar surface area (TPSA) is 45.6 Å². The molecule has 2 aromatic rings. The number of rotatable bonds is 4. The van der Waals surface area contributed by atoms with Crippen molar-refractivity contribution in [1.29, 1.82) is 0 Å². The number of benzene rings is 1. The summed E-state index contributed by atoms with van der Waals surface area (Å²) >= 11 is 0. The highest BCUT2D eigenvalue weighted by atomic mass is 16.5. The first-order chi connectivity index (χ1) is 9.79. The molecule has 0 aliphatic carbocycles. The number of aromatic nitrogens is 1. The van der Waals surface area contributed by atoms with E-state index >= 15 is 0 Å². The van der Waals surface area contributed by atoms with E-state index in [-0.39, 0.29) is 0 Å². The van der Waals surface area contributed by atoms with Crippen LogP contribution < -0.4 is 0 Å². The molecule has 0 amide bonds. The van der Waals surface area contributed by atoms with Crippen LogP contribution in [-0.4, -0.2) is 35.2 Å². The molecule has 1 N–H and O–H groups in total. The molecule has 0 radical (unpaired) electrons. The number of phenolic OH excluding ortho intramolecular Hbond substituents is 1. The SMILES string of the molecule is COCc1cc(CN2CCCC2)c(O)c2ncccc12. The van der Waals surface area contributed by atoms with Crippen LogP contribution in [0.1, 0.15) is 24.0 Å². The highest BCUT2D eigenvalue weighted by Crippen LogP contribution is 2.31. The summed E-state index contributed by atoms with van der Waals surface area (Å²) in [5.41, 5.74) is 2.71. The predicted molar refractivity (Wildman–Crippen MR) is 78.6 cm³/mol. The molecule has 4 heteroatoms. The molecular weight excluding hydrogens is 252 g/mol. The van der Waals surface area contributed by atoms with Crippen molar-refractivity contribution in [3.8, 4) is 5.75 Å². The number of fused-ring (bicyclic) bond motifs is 1. The van der Waals surface area contributed by atoms with Crippen LogP contribution in [0.25, 0.3) is 10.9 Å². The second kappa shape index (κ2) is 5.77. The van der Waals surface area contributed by atoms with Gasteiger partial charge in [-0.25, -0.2) is 0 Å². The van der Waals surface area contributed by atoms with Crippen LogP contribution >= 0.6 is 0 Å². The minimum absolute atomic E-state index is 0.312. The lowest BCUT2D eigenvalue weighted by atomic mass is 10.0. The fraction of sp³-hybridized carbons (Fsp3) is 0.438. The van der Waals surface area contributed by atoms with Crippen LogP contribution in [0.4, 0.5) is 0 Å². The van der Waals surface area contributed by atoms with Gasteiger partial charge in [0.25, 0.3) is 0 Å². The van der Waals surface area contributed by atoms with Gasteiger partial charge in [-0.1, -0.05) is 6.07 Å². The standard InChI is InChI=1S/C16H20N2O2/c1-20-11-13-9-12(10-18-7-2-3-8-18)16(19)15-14(13)5-4-6-17-15/h4-6,9,19H,2-3,7-8,10-11H2,1H3. The third-order valence-corrected chi connectivity index (χ3v) is 3.92. The maximum atomic E-state index is 10.5. The Balaban J connectivity index is 2.04. The summed E-state index contributed by atoms with van der Waals surface area (Å²) in [4.78, 5) is 6.71. The maximum Gasteiger partial charge on any atom is 0.146 e. The molecule has 106 valence electrons. The van der Waals surface area contributed by atoms with E-state index in [2.05, 4.69) is 16.0 Å². The van der Waals surface area contributed by atoms with E-state index in [4.69, 9.17) is 4.74 Å². The second-order valence-corrected chi connectivity index (χ2v) is 5.36. The molecule has 0 spiro atoms. The van der Waals surface area contributed by atoms with Crippen LogP contribution in [0, 0.1) is 0 Å². The molecule has 1 aromatic carbocycles. The Morgan fingerprint density at radius 2 is 2.10 bits per heavy atom. The third kappa shape index (κ3) is 2.49. The fourth-order valence-electron chi connectivity index (χ4n) is 2.94. The van der Waals surface area contributed by atoms with Crippen molar-refractivity contribution in [2.45, 2.75) is 26.0 Å². The molecule has 20 heavy (non-hydrogen) atoms. The van der Waals surface area contributed by atoms with Gasteiger partial charge in [-0.05, 0) is 43.6 Å². The number of ether oxygens (including phenoxy) is 1. The minimum Gasteiger partial charge on any atom is -0.505 e. The first-order valence-electron chi connectivity index (χ1n) is 7.09. The zero-order chi connectivity index (χ0) is 13.9. The van der Waals surface area contributed by atoms with E-state index in [0.717, 1.165) is 36.1 Å². The van der Waals surface area contributed by atoms with E-state index in [1.54, 1.807) is 13.3 Å². The van der Waals surface area contributed by atoms with Crippen LogP contribution in [0.5, 0.6) is 5.75 Å². The van der Waals surface area contributed by atoms with Gasteiger partial charge in [0.1, 0.15) is 11.3 Å². The van der Waals surface area contributed by atoms with Crippen LogP contribution in [-0.2, 0) is 17.9 Å². The van der Waals surface area contributed by atoms with E-state index in [9.17, 15) is 5.11 Å². The van der Waals surface area contributed by atoms with Crippen molar-refractivity contribution in [2.75, 3.05) is 20.2 Å². The lowest BCUT2D eigenvalue weighted by Gasteiger charge is -2.18. The normalized spacial score (nSPS) is 16.1. The van der Waals surface area contributed by atoms with E-state index in [0.29, 0.717) is 17.9 Å². The summed E-state index contributed by atoms with van der Waals surface area (Å²) in [5, 5.41) is 11.4. The molecule has 2 heterocycles. The number of likely N-dealkylation sites (tertiary alicyclic amines) is 1. The van der Waals surface area contributed by atoms with Crippen molar-refractivity contribution in [3.63, 3.8) is 0 Å². The molecule has 0 atom stereocenters. The van der Waals surface area contributed by atoms with Crippen LogP contribution in [0.15, 0.2) is 24.4 Å². The lowest BCUT2D eigenvalue weighted by molar-refractivity contribution is 0.185. The number of hydrogen-bond acceptors (Lipinski definition) is 4. The molecule has 3 rings (SSSR count). The van der Waals surface area contributed by atoms with Gasteiger partial charge < -0.3 is 9.84 Å². The summed E-state index contributed by atoms with van der Waals surface area (Å²) in [6.45, 7) is 3.54. The van der Waals surface area contributed by atoms with Gasteiger partial charge in [-0.3, -0.25) is 9.88 Å². The Hall–Kier alpha value is -1.65. The Morgan fingerprint density at radius 3 is 2.85 bits per heavy atom. The average Bonchev–Trinajstić information content (AvgIpc) is 2.97. The number of phenols is 1. The van der Waals surface area contributed by atoms with Crippen molar-refractivity contribution in [3.05, 3.63) is 35.5 Å². The van der Waals surface area contributed by atoms with Crippen molar-refractivity contribution in [1.82, 2.24) is 9.88 Å². The summed E-state index contributed by atoms with van der Waals surface area (Å²) in [5.74, 6) is 0.312. The van der Waals surface area contributed by atoms with Crippen LogP contribution in [0.3, 0.4) is 0 Å². The summed E-state index contributed by atoms with van der Waals surface area (Å²) in [6, 6.07) is 5.93. The van der Waals surface area contributed by atoms with Gasteiger partial charge in [-0.15, -0.1) is 0 Å². The summed E-state index contributed by atoms with van der Waals surface area (Å²) in [7, 11) is 1.69. The molecule has 1 aromatic heterocycles. The monoisotopic (exact) mass is 272 g/mol. The van der Waals surface area contributed by atoms with Gasteiger partial charge in [0.2, 0.25) is 0 Å². The molecule has 1 aliphatic heterocycles.